The fourth-order valence-corrected chi connectivity index (χ4v) is 4.62. The zero-order valence-electron chi connectivity index (χ0n) is 19.5. The Morgan fingerprint density at radius 1 is 1.23 bits per heavy atom. The molecule has 4 rings (SSSR count). The number of esters is 1. The summed E-state index contributed by atoms with van der Waals surface area (Å²) in [6.45, 7) is 3.43. The van der Waals surface area contributed by atoms with Gasteiger partial charge in [0.25, 0.3) is 0 Å². The molecule has 2 aliphatic rings. The van der Waals surface area contributed by atoms with Crippen LogP contribution < -0.4 is 4.74 Å². The summed E-state index contributed by atoms with van der Waals surface area (Å²) < 4.78 is 16.9. The SMILES string of the molecule is CC1=C(C(=O)OCc2ccc(OCCCl)cc2)C(c2ccc(Cl)nc2)CC(=O)N1CC1CCCO1. The van der Waals surface area contributed by atoms with Crippen LogP contribution in [0.25, 0.3) is 0 Å². The van der Waals surface area contributed by atoms with Crippen LogP contribution in [0.4, 0.5) is 0 Å². The topological polar surface area (TPSA) is 78.0 Å². The van der Waals surface area contributed by atoms with Crippen molar-refractivity contribution in [1.82, 2.24) is 9.88 Å². The van der Waals surface area contributed by atoms with Crippen LogP contribution in [0.2, 0.25) is 5.15 Å². The van der Waals surface area contributed by atoms with Crippen molar-refractivity contribution < 1.29 is 23.8 Å². The van der Waals surface area contributed by atoms with E-state index >= 15 is 0 Å². The Morgan fingerprint density at radius 2 is 2.03 bits per heavy atom. The summed E-state index contributed by atoms with van der Waals surface area (Å²) >= 11 is 11.6. The van der Waals surface area contributed by atoms with Crippen LogP contribution in [0.3, 0.4) is 0 Å². The van der Waals surface area contributed by atoms with Crippen LogP contribution in [-0.2, 0) is 25.7 Å². The Bertz CT molecular complexity index is 1070. The van der Waals surface area contributed by atoms with Gasteiger partial charge in [-0.15, -0.1) is 11.6 Å². The number of hydrogen-bond donors (Lipinski definition) is 0. The zero-order chi connectivity index (χ0) is 24.8. The molecule has 1 amide bonds. The van der Waals surface area contributed by atoms with E-state index in [1.165, 1.54) is 0 Å². The number of benzene rings is 1. The summed E-state index contributed by atoms with van der Waals surface area (Å²) in [5.74, 6) is 0.124. The molecular weight excluding hydrogens is 491 g/mol. The summed E-state index contributed by atoms with van der Waals surface area (Å²) in [5.41, 5.74) is 2.61. The van der Waals surface area contributed by atoms with E-state index in [4.69, 9.17) is 37.4 Å². The van der Waals surface area contributed by atoms with Gasteiger partial charge < -0.3 is 19.1 Å². The number of allylic oxidation sites excluding steroid dienone is 1. The number of alkyl halides is 1. The van der Waals surface area contributed by atoms with Gasteiger partial charge in [-0.05, 0) is 49.1 Å². The molecule has 0 radical (unpaired) electrons. The Kier molecular flexibility index (Phi) is 8.65. The highest BCUT2D eigenvalue weighted by Gasteiger charge is 2.38. The lowest BCUT2D eigenvalue weighted by Gasteiger charge is -2.35. The van der Waals surface area contributed by atoms with Gasteiger partial charge in [0.1, 0.15) is 24.1 Å². The largest absolute Gasteiger partial charge is 0.492 e. The lowest BCUT2D eigenvalue weighted by molar-refractivity contribution is -0.141. The summed E-state index contributed by atoms with van der Waals surface area (Å²) in [4.78, 5) is 32.3. The van der Waals surface area contributed by atoms with Gasteiger partial charge in [-0.2, -0.15) is 0 Å². The first kappa shape index (κ1) is 25.5. The van der Waals surface area contributed by atoms with Crippen LogP contribution in [0, 0.1) is 0 Å². The van der Waals surface area contributed by atoms with E-state index < -0.39 is 11.9 Å². The van der Waals surface area contributed by atoms with E-state index in [0.717, 1.165) is 24.0 Å². The number of pyridine rings is 1. The molecule has 0 saturated carbocycles. The first-order chi connectivity index (χ1) is 17.0. The van der Waals surface area contributed by atoms with Crippen molar-refractivity contribution in [2.24, 2.45) is 0 Å². The van der Waals surface area contributed by atoms with Crippen LogP contribution in [0.5, 0.6) is 5.75 Å². The summed E-state index contributed by atoms with van der Waals surface area (Å²) in [6, 6.07) is 10.8. The maximum absolute atomic E-state index is 13.4. The molecule has 0 bridgehead atoms. The predicted molar refractivity (Wildman–Crippen MR) is 132 cm³/mol. The van der Waals surface area contributed by atoms with E-state index in [0.29, 0.717) is 47.8 Å². The van der Waals surface area contributed by atoms with Gasteiger partial charge in [0.05, 0.1) is 24.1 Å². The number of amides is 1. The lowest BCUT2D eigenvalue weighted by atomic mass is 9.84. The molecule has 1 fully saturated rings. The Balaban J connectivity index is 1.55. The third-order valence-electron chi connectivity index (χ3n) is 6.24. The second-order valence-electron chi connectivity index (χ2n) is 8.57. The first-order valence-electron chi connectivity index (χ1n) is 11.6. The molecule has 186 valence electrons. The average Bonchev–Trinajstić information content (AvgIpc) is 3.38. The maximum atomic E-state index is 13.4. The van der Waals surface area contributed by atoms with Crippen LogP contribution >= 0.6 is 23.2 Å². The van der Waals surface area contributed by atoms with Gasteiger partial charge in [0.15, 0.2) is 0 Å². The zero-order valence-corrected chi connectivity index (χ0v) is 21.1. The van der Waals surface area contributed by atoms with Crippen molar-refractivity contribution >= 4 is 35.1 Å². The highest BCUT2D eigenvalue weighted by atomic mass is 35.5. The van der Waals surface area contributed by atoms with Crippen LogP contribution in [0.15, 0.2) is 53.9 Å². The van der Waals surface area contributed by atoms with Gasteiger partial charge in [0, 0.05) is 30.8 Å². The normalized spacial score (nSPS) is 20.3. The molecule has 2 aromatic rings. The van der Waals surface area contributed by atoms with Gasteiger partial charge in [-0.25, -0.2) is 9.78 Å². The van der Waals surface area contributed by atoms with E-state index in [1.54, 1.807) is 30.2 Å². The maximum Gasteiger partial charge on any atom is 0.336 e. The number of halogens is 2. The van der Waals surface area contributed by atoms with Gasteiger partial charge in [-0.3, -0.25) is 4.79 Å². The number of carbonyl (C=O) groups excluding carboxylic acids is 2. The molecule has 1 saturated heterocycles. The highest BCUT2D eigenvalue weighted by molar-refractivity contribution is 6.29. The van der Waals surface area contributed by atoms with Crippen molar-refractivity contribution in [3.63, 3.8) is 0 Å². The fraction of sp³-hybridized carbons (Fsp3) is 0.423. The molecule has 1 aromatic heterocycles. The summed E-state index contributed by atoms with van der Waals surface area (Å²) in [7, 11) is 0. The molecule has 3 heterocycles. The predicted octanol–water partition coefficient (Wildman–Crippen LogP) is 4.86. The number of hydrogen-bond acceptors (Lipinski definition) is 6. The molecule has 7 nitrogen and oxygen atoms in total. The average molecular weight is 519 g/mol. The molecule has 2 atom stereocenters. The van der Waals surface area contributed by atoms with Crippen molar-refractivity contribution in [2.45, 2.75) is 44.8 Å². The molecular formula is C26H28Cl2N2O5. The van der Waals surface area contributed by atoms with Gasteiger partial charge in [-0.1, -0.05) is 29.8 Å². The van der Waals surface area contributed by atoms with Crippen LogP contribution in [-0.4, -0.2) is 53.5 Å². The molecule has 9 heteroatoms. The molecule has 0 N–H and O–H groups in total. The lowest BCUT2D eigenvalue weighted by Crippen LogP contribution is -2.42. The number of ether oxygens (including phenoxy) is 3. The van der Waals surface area contributed by atoms with Crippen molar-refractivity contribution in [3.05, 3.63) is 70.1 Å². The minimum Gasteiger partial charge on any atom is -0.492 e. The third kappa shape index (κ3) is 6.34. The number of carbonyl (C=O) groups is 2. The van der Waals surface area contributed by atoms with Crippen molar-refractivity contribution in [3.8, 4) is 5.75 Å². The standard InChI is InChI=1S/C26H28Cl2N2O5/c1-17-25(26(32)35-16-18-4-7-20(8-5-18)34-12-10-27)22(19-6-9-23(28)29-14-19)13-24(31)30(17)15-21-3-2-11-33-21/h4-9,14,21-22H,2-3,10-13,15-16H2,1H3. The van der Waals surface area contributed by atoms with Gasteiger partial charge >= 0.3 is 5.97 Å². The number of rotatable bonds is 9. The quantitative estimate of drug-likeness (QED) is 0.268. The molecule has 1 aromatic carbocycles. The molecule has 0 aliphatic carbocycles. The van der Waals surface area contributed by atoms with E-state index in [1.807, 2.05) is 24.3 Å². The van der Waals surface area contributed by atoms with Gasteiger partial charge in [0.2, 0.25) is 5.91 Å². The molecule has 2 unspecified atom stereocenters. The minimum atomic E-state index is -0.466. The molecule has 2 aliphatic heterocycles. The summed E-state index contributed by atoms with van der Waals surface area (Å²) in [6.07, 6.45) is 3.59. The fourth-order valence-electron chi connectivity index (χ4n) is 4.44. The van der Waals surface area contributed by atoms with Crippen LogP contribution in [0.1, 0.15) is 43.2 Å². The summed E-state index contributed by atoms with van der Waals surface area (Å²) in [5, 5.41) is 0.346. The third-order valence-corrected chi connectivity index (χ3v) is 6.62. The second-order valence-corrected chi connectivity index (χ2v) is 9.33. The molecule has 35 heavy (non-hydrogen) atoms. The number of nitrogens with zero attached hydrogens (tertiary/aromatic N) is 2. The smallest absolute Gasteiger partial charge is 0.336 e. The Hall–Kier alpha value is -2.61. The second kappa shape index (κ2) is 11.9. The number of aromatic nitrogens is 1. The van der Waals surface area contributed by atoms with Crippen molar-refractivity contribution in [1.29, 1.82) is 0 Å². The monoisotopic (exact) mass is 518 g/mol. The van der Waals surface area contributed by atoms with E-state index in [9.17, 15) is 9.59 Å². The molecule has 0 spiro atoms. The van der Waals surface area contributed by atoms with E-state index in [-0.39, 0.29) is 25.0 Å². The first-order valence-corrected chi connectivity index (χ1v) is 12.6. The van der Waals surface area contributed by atoms with Crippen molar-refractivity contribution in [2.75, 3.05) is 25.6 Å². The van der Waals surface area contributed by atoms with E-state index in [2.05, 4.69) is 4.98 Å². The minimum absolute atomic E-state index is 0.0283. The Morgan fingerprint density at radius 3 is 2.69 bits per heavy atom. The highest BCUT2D eigenvalue weighted by Crippen LogP contribution is 2.37. The Labute approximate surface area is 215 Å².